The van der Waals surface area contributed by atoms with Gasteiger partial charge in [-0.25, -0.2) is 0 Å². The fraction of sp³-hybridized carbons (Fsp3) is 0.357. The molecule has 1 aromatic rings. The zero-order valence-electron chi connectivity index (χ0n) is 11.8. The minimum atomic E-state index is -0.545. The Balaban J connectivity index is 2.98. The Kier molecular flexibility index (Phi) is 5.71. The molecule has 6 heteroatoms. The highest BCUT2D eigenvalue weighted by Gasteiger charge is 2.16. The standard InChI is InChI=1S/C14H18N2O4/c1-4-7-20-11-5-6-12(13(9-11)16(18)19)15-14(17)8-10(2)3/h5-6,8-9H,4,7H2,1-3H3,(H,15,17). The Morgan fingerprint density at radius 3 is 2.70 bits per heavy atom. The first-order valence-corrected chi connectivity index (χ1v) is 6.31. The minimum absolute atomic E-state index is 0.154. The SMILES string of the molecule is CCCOc1ccc(NC(=O)C=C(C)C)c([N+](=O)[O-])c1. The number of anilines is 1. The number of allylic oxidation sites excluding steroid dienone is 1. The lowest BCUT2D eigenvalue weighted by molar-refractivity contribution is -0.384. The zero-order valence-corrected chi connectivity index (χ0v) is 11.8. The van der Waals surface area contributed by atoms with Gasteiger partial charge < -0.3 is 10.1 Å². The molecule has 0 unspecified atom stereocenters. The number of ether oxygens (including phenoxy) is 1. The maximum absolute atomic E-state index is 11.6. The third-order valence-corrected chi connectivity index (χ3v) is 2.32. The fourth-order valence-corrected chi connectivity index (χ4v) is 1.51. The van der Waals surface area contributed by atoms with E-state index in [-0.39, 0.29) is 11.4 Å². The van der Waals surface area contributed by atoms with Crippen molar-refractivity contribution in [1.82, 2.24) is 0 Å². The van der Waals surface area contributed by atoms with E-state index in [2.05, 4.69) is 5.32 Å². The molecule has 1 amide bonds. The summed E-state index contributed by atoms with van der Waals surface area (Å²) in [6.45, 7) is 5.98. The summed E-state index contributed by atoms with van der Waals surface area (Å²) >= 11 is 0. The number of carbonyl (C=O) groups excluding carboxylic acids is 1. The Bertz CT molecular complexity index is 534. The molecule has 0 fully saturated rings. The molecule has 6 nitrogen and oxygen atoms in total. The van der Waals surface area contributed by atoms with Gasteiger partial charge in [0, 0.05) is 6.08 Å². The Labute approximate surface area is 117 Å². The van der Waals surface area contributed by atoms with Crippen molar-refractivity contribution in [2.24, 2.45) is 0 Å². The molecule has 0 bridgehead atoms. The number of nitrogens with one attached hydrogen (secondary N) is 1. The number of amides is 1. The quantitative estimate of drug-likeness (QED) is 0.492. The second-order valence-electron chi connectivity index (χ2n) is 4.50. The summed E-state index contributed by atoms with van der Waals surface area (Å²) in [7, 11) is 0. The summed E-state index contributed by atoms with van der Waals surface area (Å²) in [6.07, 6.45) is 2.19. The van der Waals surface area contributed by atoms with E-state index >= 15 is 0 Å². The summed E-state index contributed by atoms with van der Waals surface area (Å²) in [5.74, 6) is 0.0223. The van der Waals surface area contributed by atoms with Crippen molar-refractivity contribution in [1.29, 1.82) is 0 Å². The van der Waals surface area contributed by atoms with Gasteiger partial charge in [0.15, 0.2) is 0 Å². The normalized spacial score (nSPS) is 9.75. The summed E-state index contributed by atoms with van der Waals surface area (Å²) in [6, 6.07) is 4.38. The van der Waals surface area contributed by atoms with Gasteiger partial charge in [-0.05, 0) is 32.4 Å². The van der Waals surface area contributed by atoms with Gasteiger partial charge in [0.05, 0.1) is 17.6 Å². The van der Waals surface area contributed by atoms with E-state index in [9.17, 15) is 14.9 Å². The van der Waals surface area contributed by atoms with Crippen LogP contribution in [0.25, 0.3) is 0 Å². The molecule has 0 aliphatic carbocycles. The smallest absolute Gasteiger partial charge is 0.296 e. The predicted molar refractivity (Wildman–Crippen MR) is 76.9 cm³/mol. The molecule has 0 spiro atoms. The first-order valence-electron chi connectivity index (χ1n) is 6.31. The van der Waals surface area contributed by atoms with Crippen LogP contribution in [0.3, 0.4) is 0 Å². The second kappa shape index (κ2) is 7.28. The van der Waals surface area contributed by atoms with Gasteiger partial charge in [-0.1, -0.05) is 12.5 Å². The largest absolute Gasteiger partial charge is 0.493 e. The first-order chi connectivity index (χ1) is 9.43. The number of nitro groups is 1. The molecule has 1 N–H and O–H groups in total. The van der Waals surface area contributed by atoms with Crippen LogP contribution < -0.4 is 10.1 Å². The molecular formula is C14H18N2O4. The molecule has 0 radical (unpaired) electrons. The Morgan fingerprint density at radius 1 is 1.45 bits per heavy atom. The average molecular weight is 278 g/mol. The number of hydrogen-bond donors (Lipinski definition) is 1. The van der Waals surface area contributed by atoms with Gasteiger partial charge in [-0.3, -0.25) is 14.9 Å². The number of nitro benzene ring substituents is 1. The van der Waals surface area contributed by atoms with E-state index in [0.717, 1.165) is 12.0 Å². The number of nitrogens with zero attached hydrogens (tertiary/aromatic N) is 1. The van der Waals surface area contributed by atoms with E-state index in [0.29, 0.717) is 12.4 Å². The second-order valence-corrected chi connectivity index (χ2v) is 4.50. The highest BCUT2D eigenvalue weighted by atomic mass is 16.6. The van der Waals surface area contributed by atoms with E-state index < -0.39 is 10.8 Å². The molecular weight excluding hydrogens is 260 g/mol. The summed E-state index contributed by atoms with van der Waals surface area (Å²) in [4.78, 5) is 22.1. The Morgan fingerprint density at radius 2 is 2.15 bits per heavy atom. The van der Waals surface area contributed by atoms with E-state index in [1.807, 2.05) is 6.92 Å². The van der Waals surface area contributed by atoms with Gasteiger partial charge in [0.1, 0.15) is 11.4 Å². The van der Waals surface area contributed by atoms with Gasteiger partial charge in [0.25, 0.3) is 5.69 Å². The molecule has 1 rings (SSSR count). The van der Waals surface area contributed by atoms with Crippen LogP contribution >= 0.6 is 0 Å². The van der Waals surface area contributed by atoms with Crippen LogP contribution in [0.1, 0.15) is 27.2 Å². The number of hydrogen-bond acceptors (Lipinski definition) is 4. The molecule has 0 aliphatic heterocycles. The predicted octanol–water partition coefficient (Wildman–Crippen LogP) is 3.29. The maximum Gasteiger partial charge on any atom is 0.296 e. The van der Waals surface area contributed by atoms with Crippen molar-refractivity contribution in [2.75, 3.05) is 11.9 Å². The highest BCUT2D eigenvalue weighted by Crippen LogP contribution is 2.29. The zero-order chi connectivity index (χ0) is 15.1. The van der Waals surface area contributed by atoms with Crippen LogP contribution in [0, 0.1) is 10.1 Å². The molecule has 0 heterocycles. The minimum Gasteiger partial charge on any atom is -0.493 e. The van der Waals surface area contributed by atoms with Gasteiger partial charge in [-0.15, -0.1) is 0 Å². The number of benzene rings is 1. The monoisotopic (exact) mass is 278 g/mol. The van der Waals surface area contributed by atoms with Crippen molar-refractivity contribution in [2.45, 2.75) is 27.2 Å². The van der Waals surface area contributed by atoms with Crippen LogP contribution in [-0.4, -0.2) is 17.4 Å². The first kappa shape index (κ1) is 15.7. The van der Waals surface area contributed by atoms with Crippen LogP contribution in [0.5, 0.6) is 5.75 Å². The average Bonchev–Trinajstić information content (AvgIpc) is 2.36. The molecule has 0 aromatic heterocycles. The van der Waals surface area contributed by atoms with Gasteiger partial charge in [-0.2, -0.15) is 0 Å². The summed E-state index contributed by atoms with van der Waals surface area (Å²) < 4.78 is 5.34. The third-order valence-electron chi connectivity index (χ3n) is 2.32. The summed E-state index contributed by atoms with van der Waals surface area (Å²) in [5.41, 5.74) is 0.781. The topological polar surface area (TPSA) is 81.5 Å². The third kappa shape index (κ3) is 4.72. The number of rotatable bonds is 6. The van der Waals surface area contributed by atoms with Crippen LogP contribution in [0.2, 0.25) is 0 Å². The Hall–Kier alpha value is -2.37. The molecule has 1 aromatic carbocycles. The molecule has 0 aliphatic rings. The molecule has 108 valence electrons. The van der Waals surface area contributed by atoms with Crippen LogP contribution in [-0.2, 0) is 4.79 Å². The fourth-order valence-electron chi connectivity index (χ4n) is 1.51. The van der Waals surface area contributed by atoms with E-state index in [1.165, 1.54) is 18.2 Å². The van der Waals surface area contributed by atoms with Gasteiger partial charge >= 0.3 is 0 Å². The van der Waals surface area contributed by atoms with Crippen molar-refractivity contribution in [3.8, 4) is 5.75 Å². The van der Waals surface area contributed by atoms with Crippen LogP contribution in [0.4, 0.5) is 11.4 Å². The summed E-state index contributed by atoms with van der Waals surface area (Å²) in [5, 5.41) is 13.5. The lowest BCUT2D eigenvalue weighted by Gasteiger charge is -2.07. The van der Waals surface area contributed by atoms with Gasteiger partial charge in [0.2, 0.25) is 5.91 Å². The molecule has 0 atom stereocenters. The molecule has 20 heavy (non-hydrogen) atoms. The molecule has 0 saturated heterocycles. The van der Waals surface area contributed by atoms with Crippen molar-refractivity contribution < 1.29 is 14.5 Å². The lowest BCUT2D eigenvalue weighted by Crippen LogP contribution is -2.10. The lowest BCUT2D eigenvalue weighted by atomic mass is 10.2. The van der Waals surface area contributed by atoms with Crippen molar-refractivity contribution >= 4 is 17.3 Å². The van der Waals surface area contributed by atoms with E-state index in [1.54, 1.807) is 19.9 Å². The molecule has 0 saturated carbocycles. The van der Waals surface area contributed by atoms with E-state index in [4.69, 9.17) is 4.74 Å². The van der Waals surface area contributed by atoms with Crippen molar-refractivity contribution in [3.63, 3.8) is 0 Å². The van der Waals surface area contributed by atoms with Crippen LogP contribution in [0.15, 0.2) is 29.8 Å². The number of carbonyl (C=O) groups is 1. The van der Waals surface area contributed by atoms with Crippen molar-refractivity contribution in [3.05, 3.63) is 40.0 Å². The highest BCUT2D eigenvalue weighted by molar-refractivity contribution is 6.01. The maximum atomic E-state index is 11.6.